The largest absolute Gasteiger partial charge is 0.481 e. The van der Waals surface area contributed by atoms with Gasteiger partial charge in [0, 0.05) is 24.9 Å². The molecule has 1 aromatic heterocycles. The van der Waals surface area contributed by atoms with Gasteiger partial charge in [0.1, 0.15) is 6.04 Å². The van der Waals surface area contributed by atoms with Crippen LogP contribution in [0.2, 0.25) is 0 Å². The van der Waals surface area contributed by atoms with Gasteiger partial charge < -0.3 is 10.4 Å². The second-order valence-electron chi connectivity index (χ2n) is 6.54. The van der Waals surface area contributed by atoms with Crippen molar-refractivity contribution in [3.63, 3.8) is 0 Å². The highest BCUT2D eigenvalue weighted by molar-refractivity contribution is 5.80. The highest BCUT2D eigenvalue weighted by atomic mass is 16.4. The average molecular weight is 321 g/mol. The summed E-state index contributed by atoms with van der Waals surface area (Å²) in [4.78, 5) is 23.3. The van der Waals surface area contributed by atoms with Crippen LogP contribution in [-0.2, 0) is 9.59 Å². The van der Waals surface area contributed by atoms with Crippen molar-refractivity contribution in [2.45, 2.75) is 70.4 Å². The fraction of sp³-hybridized carbons (Fsp3) is 0.706. The average Bonchev–Trinajstić information content (AvgIpc) is 3.07. The normalized spacial score (nSPS) is 18.3. The minimum atomic E-state index is -0.812. The summed E-state index contributed by atoms with van der Waals surface area (Å²) in [7, 11) is 0. The van der Waals surface area contributed by atoms with Gasteiger partial charge in [-0.3, -0.25) is 14.3 Å². The van der Waals surface area contributed by atoms with Gasteiger partial charge in [0.15, 0.2) is 0 Å². The Morgan fingerprint density at radius 2 is 2.09 bits per heavy atom. The molecule has 1 aromatic rings. The van der Waals surface area contributed by atoms with Crippen molar-refractivity contribution in [2.24, 2.45) is 5.92 Å². The molecule has 6 nitrogen and oxygen atoms in total. The van der Waals surface area contributed by atoms with Crippen LogP contribution in [0.3, 0.4) is 0 Å². The molecule has 2 unspecified atom stereocenters. The molecule has 23 heavy (non-hydrogen) atoms. The van der Waals surface area contributed by atoms with Crippen molar-refractivity contribution in [3.05, 3.63) is 18.5 Å². The summed E-state index contributed by atoms with van der Waals surface area (Å²) in [6.07, 6.45) is 11.0. The number of hydrogen-bond donors (Lipinski definition) is 2. The molecule has 1 aliphatic carbocycles. The number of carbonyl (C=O) groups excluding carboxylic acids is 1. The standard InChI is InChI=1S/C17H27N3O3/c1-13(20-11-5-10-18-20)17(23)19-15(8-9-16(21)22)12-14-6-3-2-4-7-14/h5,10-11,13-15H,2-4,6-9,12H2,1H3,(H,19,23)(H,21,22). The molecule has 2 N–H and O–H groups in total. The van der Waals surface area contributed by atoms with E-state index in [0.29, 0.717) is 12.3 Å². The van der Waals surface area contributed by atoms with E-state index in [1.54, 1.807) is 30.1 Å². The first-order valence-electron chi connectivity index (χ1n) is 8.57. The first-order valence-corrected chi connectivity index (χ1v) is 8.57. The fourth-order valence-corrected chi connectivity index (χ4v) is 3.32. The second kappa shape index (κ2) is 8.70. The molecule has 1 fully saturated rings. The lowest BCUT2D eigenvalue weighted by molar-refractivity contribution is -0.137. The van der Waals surface area contributed by atoms with Gasteiger partial charge in [-0.2, -0.15) is 5.10 Å². The number of aliphatic carboxylic acids is 1. The molecule has 0 aromatic carbocycles. The molecule has 2 rings (SSSR count). The van der Waals surface area contributed by atoms with Crippen molar-refractivity contribution >= 4 is 11.9 Å². The lowest BCUT2D eigenvalue weighted by atomic mass is 9.84. The minimum Gasteiger partial charge on any atom is -0.481 e. The summed E-state index contributed by atoms with van der Waals surface area (Å²) >= 11 is 0. The first kappa shape index (κ1) is 17.5. The topological polar surface area (TPSA) is 84.2 Å². The first-order chi connectivity index (χ1) is 11.1. The quantitative estimate of drug-likeness (QED) is 0.771. The number of rotatable bonds is 8. The predicted molar refractivity (Wildman–Crippen MR) is 86.9 cm³/mol. The highest BCUT2D eigenvalue weighted by Crippen LogP contribution is 2.28. The molecule has 1 saturated carbocycles. The van der Waals surface area contributed by atoms with E-state index >= 15 is 0 Å². The van der Waals surface area contributed by atoms with E-state index in [4.69, 9.17) is 5.11 Å². The van der Waals surface area contributed by atoms with E-state index in [0.717, 1.165) is 6.42 Å². The Bertz CT molecular complexity index is 495. The Kier molecular flexibility index (Phi) is 6.62. The van der Waals surface area contributed by atoms with Crippen LogP contribution in [0.1, 0.15) is 64.3 Å². The van der Waals surface area contributed by atoms with E-state index in [1.807, 2.05) is 0 Å². The van der Waals surface area contributed by atoms with Crippen LogP contribution >= 0.6 is 0 Å². The van der Waals surface area contributed by atoms with E-state index < -0.39 is 5.97 Å². The van der Waals surface area contributed by atoms with E-state index in [9.17, 15) is 9.59 Å². The molecule has 0 saturated heterocycles. The third-order valence-electron chi connectivity index (χ3n) is 4.70. The third-order valence-corrected chi connectivity index (χ3v) is 4.70. The summed E-state index contributed by atoms with van der Waals surface area (Å²) in [5.74, 6) is -0.309. The Morgan fingerprint density at radius 1 is 1.35 bits per heavy atom. The fourth-order valence-electron chi connectivity index (χ4n) is 3.32. The molecule has 1 heterocycles. The van der Waals surface area contributed by atoms with Gasteiger partial charge in [-0.15, -0.1) is 0 Å². The Hall–Kier alpha value is -1.85. The zero-order valence-corrected chi connectivity index (χ0v) is 13.8. The number of amides is 1. The van der Waals surface area contributed by atoms with Crippen LogP contribution in [0.15, 0.2) is 18.5 Å². The molecule has 1 amide bonds. The second-order valence-corrected chi connectivity index (χ2v) is 6.54. The van der Waals surface area contributed by atoms with Crippen LogP contribution in [0.4, 0.5) is 0 Å². The van der Waals surface area contributed by atoms with Gasteiger partial charge in [0.25, 0.3) is 0 Å². The van der Waals surface area contributed by atoms with E-state index in [2.05, 4.69) is 10.4 Å². The smallest absolute Gasteiger partial charge is 0.303 e. The molecule has 0 bridgehead atoms. The van der Waals surface area contributed by atoms with Gasteiger partial charge >= 0.3 is 5.97 Å². The predicted octanol–water partition coefficient (Wildman–Crippen LogP) is 2.76. The number of carbonyl (C=O) groups is 2. The molecule has 2 atom stereocenters. The number of nitrogens with one attached hydrogen (secondary N) is 1. The van der Waals surface area contributed by atoms with Crippen molar-refractivity contribution in [1.29, 1.82) is 0 Å². The molecule has 128 valence electrons. The summed E-state index contributed by atoms with van der Waals surface area (Å²) in [6, 6.07) is 1.33. The number of carboxylic acids is 1. The third kappa shape index (κ3) is 5.69. The zero-order chi connectivity index (χ0) is 16.7. The minimum absolute atomic E-state index is 0.0697. The van der Waals surface area contributed by atoms with Gasteiger partial charge in [0.2, 0.25) is 5.91 Å². The van der Waals surface area contributed by atoms with Gasteiger partial charge in [-0.1, -0.05) is 32.1 Å². The Morgan fingerprint density at radius 3 is 2.70 bits per heavy atom. The zero-order valence-electron chi connectivity index (χ0n) is 13.8. The number of nitrogens with zero attached hydrogens (tertiary/aromatic N) is 2. The van der Waals surface area contributed by atoms with Crippen molar-refractivity contribution in [2.75, 3.05) is 0 Å². The van der Waals surface area contributed by atoms with Crippen LogP contribution < -0.4 is 5.32 Å². The molecular formula is C17H27N3O3. The maximum absolute atomic E-state index is 12.4. The van der Waals surface area contributed by atoms with E-state index in [1.165, 1.54) is 32.1 Å². The van der Waals surface area contributed by atoms with Gasteiger partial charge in [0.05, 0.1) is 0 Å². The van der Waals surface area contributed by atoms with Crippen LogP contribution in [0.25, 0.3) is 0 Å². The number of aromatic nitrogens is 2. The summed E-state index contributed by atoms with van der Waals surface area (Å²) < 4.78 is 1.62. The van der Waals surface area contributed by atoms with Crippen LogP contribution in [0, 0.1) is 5.92 Å². The highest BCUT2D eigenvalue weighted by Gasteiger charge is 2.23. The Labute approximate surface area is 137 Å². The van der Waals surface area contributed by atoms with E-state index in [-0.39, 0.29) is 24.4 Å². The SMILES string of the molecule is CC(C(=O)NC(CCC(=O)O)CC1CCCCC1)n1cccn1. The van der Waals surface area contributed by atoms with Crippen LogP contribution in [0.5, 0.6) is 0 Å². The van der Waals surface area contributed by atoms with Crippen molar-refractivity contribution < 1.29 is 14.7 Å². The monoisotopic (exact) mass is 321 g/mol. The molecule has 0 spiro atoms. The number of carboxylic acid groups (broad SMARTS) is 1. The lowest BCUT2D eigenvalue weighted by Crippen LogP contribution is -2.40. The van der Waals surface area contributed by atoms with Crippen LogP contribution in [-0.4, -0.2) is 32.8 Å². The van der Waals surface area contributed by atoms with Gasteiger partial charge in [-0.05, 0) is 31.7 Å². The summed E-state index contributed by atoms with van der Waals surface area (Å²) in [5.41, 5.74) is 0. The molecular weight excluding hydrogens is 294 g/mol. The maximum atomic E-state index is 12.4. The lowest BCUT2D eigenvalue weighted by Gasteiger charge is -2.28. The molecule has 1 aliphatic rings. The molecule has 0 aliphatic heterocycles. The Balaban J connectivity index is 1.92. The van der Waals surface area contributed by atoms with Gasteiger partial charge in [-0.25, -0.2) is 0 Å². The van der Waals surface area contributed by atoms with Crippen molar-refractivity contribution in [3.8, 4) is 0 Å². The molecule has 6 heteroatoms. The van der Waals surface area contributed by atoms with Crippen molar-refractivity contribution in [1.82, 2.24) is 15.1 Å². The summed E-state index contributed by atoms with van der Waals surface area (Å²) in [6.45, 7) is 1.80. The summed E-state index contributed by atoms with van der Waals surface area (Å²) in [5, 5.41) is 16.1. The maximum Gasteiger partial charge on any atom is 0.303 e. The molecule has 0 radical (unpaired) electrons. The number of hydrogen-bond acceptors (Lipinski definition) is 3.